The molecule has 5 nitrogen and oxygen atoms in total. The molecule has 76 valence electrons. The number of aromatic nitrogens is 1. The van der Waals surface area contributed by atoms with E-state index in [1.54, 1.807) is 0 Å². The van der Waals surface area contributed by atoms with Crippen LogP contribution in [0.25, 0.3) is 0 Å². The van der Waals surface area contributed by atoms with Crippen LogP contribution in [0.5, 0.6) is 11.8 Å². The Hall–Kier alpha value is -1.30. The van der Waals surface area contributed by atoms with Crippen LogP contribution in [0.2, 0.25) is 0 Å². The summed E-state index contributed by atoms with van der Waals surface area (Å²) in [4.78, 5) is 14.6. The van der Waals surface area contributed by atoms with Crippen molar-refractivity contribution in [3.8, 4) is 11.8 Å². The fourth-order valence-corrected chi connectivity index (χ4v) is 1.39. The second kappa shape index (κ2) is 4.28. The quantitative estimate of drug-likeness (QED) is 0.895. The standard InChI is InChI=1S/C8H8BrNO4/c1-13-6-4(8(11)12)3-5(9)7(10-6)14-2/h3H,1-2H3,(H,11,12). The molecule has 6 heteroatoms. The number of pyridine rings is 1. The number of hydrogen-bond acceptors (Lipinski definition) is 4. The van der Waals surface area contributed by atoms with E-state index in [-0.39, 0.29) is 17.3 Å². The maximum Gasteiger partial charge on any atom is 0.341 e. The van der Waals surface area contributed by atoms with E-state index in [9.17, 15) is 4.79 Å². The van der Waals surface area contributed by atoms with Gasteiger partial charge in [0.05, 0.1) is 18.7 Å². The lowest BCUT2D eigenvalue weighted by Gasteiger charge is -2.07. The predicted molar refractivity (Wildman–Crippen MR) is 52.0 cm³/mol. The lowest BCUT2D eigenvalue weighted by Crippen LogP contribution is -2.04. The van der Waals surface area contributed by atoms with Crippen LogP contribution in [0.3, 0.4) is 0 Å². The first-order valence-corrected chi connectivity index (χ1v) is 4.41. The van der Waals surface area contributed by atoms with Crippen molar-refractivity contribution >= 4 is 21.9 Å². The molecule has 0 aliphatic heterocycles. The summed E-state index contributed by atoms with van der Waals surface area (Å²) in [7, 11) is 2.79. The normalized spacial score (nSPS) is 9.64. The second-order valence-electron chi connectivity index (χ2n) is 2.34. The third-order valence-electron chi connectivity index (χ3n) is 1.53. The van der Waals surface area contributed by atoms with Gasteiger partial charge in [-0.15, -0.1) is 0 Å². The molecule has 0 amide bonds. The minimum absolute atomic E-state index is 0.0137. The predicted octanol–water partition coefficient (Wildman–Crippen LogP) is 1.56. The fraction of sp³-hybridized carbons (Fsp3) is 0.250. The number of hydrogen-bond donors (Lipinski definition) is 1. The fourth-order valence-electron chi connectivity index (χ4n) is 0.908. The highest BCUT2D eigenvalue weighted by Gasteiger charge is 2.16. The van der Waals surface area contributed by atoms with Crippen LogP contribution >= 0.6 is 15.9 Å². The zero-order valence-electron chi connectivity index (χ0n) is 7.57. The molecule has 0 bridgehead atoms. The first kappa shape index (κ1) is 10.8. The smallest absolute Gasteiger partial charge is 0.341 e. The summed E-state index contributed by atoms with van der Waals surface area (Å²) in [5.74, 6) is -0.790. The molecule has 0 aliphatic carbocycles. The van der Waals surface area contributed by atoms with E-state index in [1.165, 1.54) is 20.3 Å². The summed E-state index contributed by atoms with van der Waals surface area (Å²) < 4.78 is 10.2. The Morgan fingerprint density at radius 3 is 2.43 bits per heavy atom. The van der Waals surface area contributed by atoms with Crippen molar-refractivity contribution in [1.29, 1.82) is 0 Å². The monoisotopic (exact) mass is 261 g/mol. The third kappa shape index (κ3) is 1.95. The van der Waals surface area contributed by atoms with Crippen molar-refractivity contribution in [1.82, 2.24) is 4.98 Å². The van der Waals surface area contributed by atoms with Gasteiger partial charge in [0.25, 0.3) is 0 Å². The van der Waals surface area contributed by atoms with E-state index in [1.807, 2.05) is 0 Å². The van der Waals surface area contributed by atoms with E-state index < -0.39 is 5.97 Å². The molecule has 0 fully saturated rings. The zero-order valence-corrected chi connectivity index (χ0v) is 9.16. The van der Waals surface area contributed by atoms with Gasteiger partial charge in [-0.05, 0) is 22.0 Å². The molecule has 0 radical (unpaired) electrons. The summed E-state index contributed by atoms with van der Waals surface area (Å²) >= 11 is 3.13. The van der Waals surface area contributed by atoms with E-state index in [0.717, 1.165) is 0 Å². The summed E-state index contributed by atoms with van der Waals surface area (Å²) in [5, 5.41) is 8.80. The Morgan fingerprint density at radius 1 is 1.43 bits per heavy atom. The minimum Gasteiger partial charge on any atom is -0.480 e. The maximum absolute atomic E-state index is 10.8. The number of nitrogens with zero attached hydrogens (tertiary/aromatic N) is 1. The van der Waals surface area contributed by atoms with E-state index in [2.05, 4.69) is 20.9 Å². The summed E-state index contributed by atoms with van der Waals surface area (Å²) in [6.45, 7) is 0. The number of halogens is 1. The van der Waals surface area contributed by atoms with Gasteiger partial charge in [-0.3, -0.25) is 0 Å². The van der Waals surface area contributed by atoms with Crippen LogP contribution in [0.4, 0.5) is 0 Å². The molecule has 0 unspecified atom stereocenters. The summed E-state index contributed by atoms with van der Waals surface area (Å²) in [6.07, 6.45) is 0. The molecule has 0 saturated carbocycles. The van der Waals surface area contributed by atoms with Gasteiger partial charge in [-0.25, -0.2) is 4.79 Å². The number of methoxy groups -OCH3 is 2. The van der Waals surface area contributed by atoms with Gasteiger partial charge in [-0.2, -0.15) is 4.98 Å². The van der Waals surface area contributed by atoms with Gasteiger partial charge < -0.3 is 14.6 Å². The van der Waals surface area contributed by atoms with Gasteiger partial charge in [0, 0.05) is 0 Å². The molecule has 0 spiro atoms. The maximum atomic E-state index is 10.8. The number of aromatic carboxylic acids is 1. The Labute approximate surface area is 88.8 Å². The number of rotatable bonds is 3. The minimum atomic E-state index is -1.10. The van der Waals surface area contributed by atoms with Crippen molar-refractivity contribution in [2.24, 2.45) is 0 Å². The summed E-state index contributed by atoms with van der Waals surface area (Å²) in [5.41, 5.74) is -0.0137. The van der Waals surface area contributed by atoms with Crippen LogP contribution in [0, 0.1) is 0 Å². The van der Waals surface area contributed by atoms with Crippen LogP contribution in [0.15, 0.2) is 10.5 Å². The van der Waals surface area contributed by atoms with Crippen molar-refractivity contribution in [3.05, 3.63) is 16.1 Å². The van der Waals surface area contributed by atoms with Gasteiger partial charge in [0.15, 0.2) is 0 Å². The first-order chi connectivity index (χ1) is 6.60. The highest BCUT2D eigenvalue weighted by Crippen LogP contribution is 2.28. The Morgan fingerprint density at radius 2 is 2.00 bits per heavy atom. The largest absolute Gasteiger partial charge is 0.480 e. The number of carboxylic acids is 1. The van der Waals surface area contributed by atoms with Gasteiger partial charge in [0.1, 0.15) is 5.56 Å². The topological polar surface area (TPSA) is 68.7 Å². The lowest BCUT2D eigenvalue weighted by atomic mass is 10.3. The molecule has 1 rings (SSSR count). The van der Waals surface area contributed by atoms with E-state index in [0.29, 0.717) is 4.47 Å². The highest BCUT2D eigenvalue weighted by molar-refractivity contribution is 9.10. The Balaban J connectivity index is 3.31. The SMILES string of the molecule is COc1nc(OC)c(C(=O)O)cc1Br. The zero-order chi connectivity index (χ0) is 10.7. The van der Waals surface area contributed by atoms with Crippen LogP contribution in [-0.2, 0) is 0 Å². The van der Waals surface area contributed by atoms with Crippen LogP contribution in [0.1, 0.15) is 10.4 Å². The Kier molecular flexibility index (Phi) is 3.29. The third-order valence-corrected chi connectivity index (χ3v) is 2.09. The van der Waals surface area contributed by atoms with Gasteiger partial charge in [-0.1, -0.05) is 0 Å². The lowest BCUT2D eigenvalue weighted by molar-refractivity contribution is 0.0692. The highest BCUT2D eigenvalue weighted by atomic mass is 79.9. The Bertz CT molecular complexity index is 367. The molecule has 14 heavy (non-hydrogen) atoms. The molecule has 0 aliphatic rings. The van der Waals surface area contributed by atoms with E-state index >= 15 is 0 Å². The summed E-state index contributed by atoms with van der Waals surface area (Å²) in [6, 6.07) is 1.38. The number of carboxylic acid groups (broad SMARTS) is 1. The van der Waals surface area contributed by atoms with Crippen molar-refractivity contribution in [2.75, 3.05) is 14.2 Å². The van der Waals surface area contributed by atoms with Gasteiger partial charge in [0.2, 0.25) is 11.8 Å². The van der Waals surface area contributed by atoms with Crippen molar-refractivity contribution in [2.45, 2.75) is 0 Å². The molecule has 1 heterocycles. The molecular formula is C8H8BrNO4. The molecule has 1 aromatic rings. The molecule has 0 aromatic carbocycles. The average Bonchev–Trinajstić information content (AvgIpc) is 2.17. The molecule has 0 atom stereocenters. The molecular weight excluding hydrogens is 254 g/mol. The van der Waals surface area contributed by atoms with Crippen molar-refractivity contribution in [3.63, 3.8) is 0 Å². The van der Waals surface area contributed by atoms with Crippen LogP contribution < -0.4 is 9.47 Å². The molecule has 1 N–H and O–H groups in total. The second-order valence-corrected chi connectivity index (χ2v) is 3.20. The van der Waals surface area contributed by atoms with Crippen molar-refractivity contribution < 1.29 is 19.4 Å². The molecule has 0 saturated heterocycles. The number of carbonyl (C=O) groups is 1. The first-order valence-electron chi connectivity index (χ1n) is 3.62. The average molecular weight is 262 g/mol. The van der Waals surface area contributed by atoms with E-state index in [4.69, 9.17) is 14.6 Å². The number of ether oxygens (including phenoxy) is 2. The van der Waals surface area contributed by atoms with Crippen LogP contribution in [-0.4, -0.2) is 30.3 Å². The van der Waals surface area contributed by atoms with Gasteiger partial charge >= 0.3 is 5.97 Å². The molecule has 1 aromatic heterocycles.